The second-order valence-electron chi connectivity index (χ2n) is 5.75. The van der Waals surface area contributed by atoms with E-state index in [1.807, 2.05) is 31.2 Å². The summed E-state index contributed by atoms with van der Waals surface area (Å²) < 4.78 is 0. The average molecular weight is 288 g/mol. The van der Waals surface area contributed by atoms with Crippen LogP contribution < -0.4 is 11.5 Å². The number of piperidine rings is 1. The second kappa shape index (κ2) is 8.35. The van der Waals surface area contributed by atoms with Crippen LogP contribution in [0.25, 0.3) is 0 Å². The van der Waals surface area contributed by atoms with E-state index < -0.39 is 0 Å². The quantitative estimate of drug-likeness (QED) is 0.649. The zero-order chi connectivity index (χ0) is 15.8. The minimum absolute atomic E-state index is 0.592. The summed E-state index contributed by atoms with van der Waals surface area (Å²) in [6.07, 6.45) is 2.52. The maximum atomic E-state index is 5.54. The van der Waals surface area contributed by atoms with Crippen LogP contribution in [0.4, 0.5) is 5.69 Å². The van der Waals surface area contributed by atoms with Gasteiger partial charge in [0.1, 0.15) is 0 Å². The third kappa shape index (κ3) is 6.84. The van der Waals surface area contributed by atoms with Crippen molar-refractivity contribution < 1.29 is 0 Å². The summed E-state index contributed by atoms with van der Waals surface area (Å²) in [4.78, 5) is 6.25. The molecule has 2 rings (SSSR count). The normalized spacial score (nSPS) is 16.1. The van der Waals surface area contributed by atoms with E-state index in [0.717, 1.165) is 30.5 Å². The van der Waals surface area contributed by atoms with Gasteiger partial charge in [-0.05, 0) is 44.7 Å². The number of likely N-dealkylation sites (tertiary alicyclic amines) is 1. The van der Waals surface area contributed by atoms with E-state index in [4.69, 9.17) is 11.5 Å². The van der Waals surface area contributed by atoms with Gasteiger partial charge in [0, 0.05) is 13.1 Å². The molecule has 4 nitrogen and oxygen atoms in total. The molecule has 4 N–H and O–H groups in total. The molecule has 0 spiro atoms. The van der Waals surface area contributed by atoms with Crippen molar-refractivity contribution in [2.75, 3.05) is 13.1 Å². The van der Waals surface area contributed by atoms with Crippen molar-refractivity contribution in [3.8, 4) is 0 Å². The number of nitrogens with two attached hydrogens (primary N) is 2. The van der Waals surface area contributed by atoms with Crippen molar-refractivity contribution >= 4 is 11.5 Å². The minimum Gasteiger partial charge on any atom is -0.387 e. The molecule has 0 unspecified atom stereocenters. The maximum absolute atomic E-state index is 5.54. The molecule has 0 aliphatic carbocycles. The Morgan fingerprint density at radius 1 is 1.19 bits per heavy atom. The first kappa shape index (κ1) is 17.1. The van der Waals surface area contributed by atoms with Crippen molar-refractivity contribution in [1.82, 2.24) is 4.90 Å². The van der Waals surface area contributed by atoms with Crippen molar-refractivity contribution in [1.29, 1.82) is 0 Å². The summed E-state index contributed by atoms with van der Waals surface area (Å²) in [5, 5.41) is 0. The van der Waals surface area contributed by atoms with Gasteiger partial charge in [0.25, 0.3) is 0 Å². The summed E-state index contributed by atoms with van der Waals surface area (Å²) >= 11 is 0. The highest BCUT2D eigenvalue weighted by molar-refractivity contribution is 5.80. The molecule has 1 heterocycles. The van der Waals surface area contributed by atoms with E-state index >= 15 is 0 Å². The molecule has 0 atom stereocenters. The number of aliphatic imine (C=N–C) groups is 1. The average Bonchev–Trinajstić information content (AvgIpc) is 2.42. The summed E-state index contributed by atoms with van der Waals surface area (Å²) in [6.45, 7) is 12.0. The van der Waals surface area contributed by atoms with Crippen molar-refractivity contribution in [3.05, 3.63) is 42.2 Å². The Morgan fingerprint density at radius 3 is 2.14 bits per heavy atom. The van der Waals surface area contributed by atoms with Gasteiger partial charge in [0.2, 0.25) is 0 Å². The summed E-state index contributed by atoms with van der Waals surface area (Å²) in [5.74, 6) is 2.19. The highest BCUT2D eigenvalue weighted by Crippen LogP contribution is 2.16. The summed E-state index contributed by atoms with van der Waals surface area (Å²) in [6, 6.07) is 7.93. The number of nitrogens with zero attached hydrogens (tertiary/aromatic N) is 2. The molecule has 1 saturated heterocycles. The molecule has 4 heteroatoms. The fraction of sp³-hybridized carbons (Fsp3) is 0.471. The lowest BCUT2D eigenvalue weighted by molar-refractivity contribution is 0.236. The number of hydrogen-bond donors (Lipinski definition) is 2. The predicted molar refractivity (Wildman–Crippen MR) is 91.4 cm³/mol. The number of aryl methyl sites for hydroxylation is 1. The number of benzene rings is 1. The Kier molecular flexibility index (Phi) is 6.79. The molecule has 1 aliphatic rings. The molecule has 1 aliphatic heterocycles. The molecule has 21 heavy (non-hydrogen) atoms. The Labute approximate surface area is 128 Å². The molecule has 0 aromatic heterocycles. The maximum Gasteiger partial charge on any atom is 0.0964 e. The largest absolute Gasteiger partial charge is 0.387 e. The van der Waals surface area contributed by atoms with Gasteiger partial charge in [-0.3, -0.25) is 0 Å². The first-order valence-corrected chi connectivity index (χ1v) is 7.45. The standard InChI is InChI=1S/C9H12N2.C8H16N2/c1-7-3-5-9(6-4-7)11-8(2)10;1-7-3-5-10(6-4-7)8(2)9/h3-6H,1-2H3,(H2,10,11);7H,2-6,9H2,1H3. The zero-order valence-corrected chi connectivity index (χ0v) is 13.5. The predicted octanol–water partition coefficient (Wildman–Crippen LogP) is 3.15. The van der Waals surface area contributed by atoms with Gasteiger partial charge in [0.15, 0.2) is 0 Å². The molecular formula is C17H28N4. The van der Waals surface area contributed by atoms with Crippen LogP contribution in [-0.2, 0) is 0 Å². The number of rotatable bonds is 2. The van der Waals surface area contributed by atoms with Gasteiger partial charge in [0.05, 0.1) is 17.3 Å². The van der Waals surface area contributed by atoms with Gasteiger partial charge in [-0.1, -0.05) is 31.2 Å². The van der Waals surface area contributed by atoms with Crippen LogP contribution >= 0.6 is 0 Å². The van der Waals surface area contributed by atoms with Gasteiger partial charge in [-0.15, -0.1) is 0 Å². The van der Waals surface area contributed by atoms with Crippen molar-refractivity contribution in [2.24, 2.45) is 22.4 Å². The van der Waals surface area contributed by atoms with Crippen LogP contribution in [0.3, 0.4) is 0 Å². The van der Waals surface area contributed by atoms with Crippen LogP contribution in [0.15, 0.2) is 41.7 Å². The highest BCUT2D eigenvalue weighted by atomic mass is 15.2. The molecule has 116 valence electrons. The lowest BCUT2D eigenvalue weighted by atomic mass is 9.99. The van der Waals surface area contributed by atoms with E-state index in [1.165, 1.54) is 18.4 Å². The third-order valence-electron chi connectivity index (χ3n) is 3.53. The SMILES string of the molecule is C=C(N)N1CCC(C)CC1.CC(N)=Nc1ccc(C)cc1. The molecule has 0 radical (unpaired) electrons. The Bertz CT molecular complexity index is 464. The number of amidine groups is 1. The Balaban J connectivity index is 0.000000211. The Hall–Kier alpha value is -1.97. The lowest BCUT2D eigenvalue weighted by Gasteiger charge is -2.31. The molecule has 0 bridgehead atoms. The smallest absolute Gasteiger partial charge is 0.0964 e. The molecule has 1 aromatic carbocycles. The van der Waals surface area contributed by atoms with Crippen LogP contribution in [0.2, 0.25) is 0 Å². The van der Waals surface area contributed by atoms with E-state index in [2.05, 4.69) is 23.4 Å². The third-order valence-corrected chi connectivity index (χ3v) is 3.53. The second-order valence-corrected chi connectivity index (χ2v) is 5.75. The highest BCUT2D eigenvalue weighted by Gasteiger charge is 2.14. The summed E-state index contributed by atoms with van der Waals surface area (Å²) in [5.41, 5.74) is 13.1. The summed E-state index contributed by atoms with van der Waals surface area (Å²) in [7, 11) is 0. The van der Waals surface area contributed by atoms with Crippen LogP contribution in [0.1, 0.15) is 32.3 Å². The van der Waals surface area contributed by atoms with Crippen LogP contribution in [0.5, 0.6) is 0 Å². The molecular weight excluding hydrogens is 260 g/mol. The van der Waals surface area contributed by atoms with E-state index in [-0.39, 0.29) is 0 Å². The first-order chi connectivity index (χ1) is 9.88. The van der Waals surface area contributed by atoms with Gasteiger partial charge < -0.3 is 16.4 Å². The fourth-order valence-electron chi connectivity index (χ4n) is 2.12. The van der Waals surface area contributed by atoms with Crippen LogP contribution in [0, 0.1) is 12.8 Å². The van der Waals surface area contributed by atoms with E-state index in [0.29, 0.717) is 5.84 Å². The number of hydrogen-bond acceptors (Lipinski definition) is 3. The topological polar surface area (TPSA) is 67.6 Å². The minimum atomic E-state index is 0.592. The first-order valence-electron chi connectivity index (χ1n) is 7.45. The molecule has 1 fully saturated rings. The molecule has 0 amide bonds. The monoisotopic (exact) mass is 288 g/mol. The molecule has 0 saturated carbocycles. The van der Waals surface area contributed by atoms with E-state index in [1.54, 1.807) is 6.92 Å². The van der Waals surface area contributed by atoms with Gasteiger partial charge in [-0.25, -0.2) is 4.99 Å². The van der Waals surface area contributed by atoms with Crippen molar-refractivity contribution in [2.45, 2.75) is 33.6 Å². The lowest BCUT2D eigenvalue weighted by Crippen LogP contribution is -2.34. The van der Waals surface area contributed by atoms with Crippen LogP contribution in [-0.4, -0.2) is 23.8 Å². The molecule has 1 aromatic rings. The van der Waals surface area contributed by atoms with Gasteiger partial charge in [-0.2, -0.15) is 0 Å². The van der Waals surface area contributed by atoms with Gasteiger partial charge >= 0.3 is 0 Å². The fourth-order valence-corrected chi connectivity index (χ4v) is 2.12. The zero-order valence-electron chi connectivity index (χ0n) is 13.5. The van der Waals surface area contributed by atoms with E-state index in [9.17, 15) is 0 Å². The Morgan fingerprint density at radius 2 is 1.71 bits per heavy atom. The van der Waals surface area contributed by atoms with Crippen molar-refractivity contribution in [3.63, 3.8) is 0 Å².